The zero-order valence-corrected chi connectivity index (χ0v) is 10.8. The molecule has 1 N–H and O–H groups in total. The second kappa shape index (κ2) is 5.60. The van der Waals surface area contributed by atoms with Crippen LogP contribution in [0.15, 0.2) is 36.7 Å². The first-order chi connectivity index (χ1) is 8.70. The van der Waals surface area contributed by atoms with E-state index in [0.29, 0.717) is 0 Å². The van der Waals surface area contributed by atoms with E-state index in [1.54, 1.807) is 12.4 Å². The summed E-state index contributed by atoms with van der Waals surface area (Å²) >= 11 is 0. The van der Waals surface area contributed by atoms with Gasteiger partial charge in [-0.2, -0.15) is 0 Å². The average Bonchev–Trinajstić information content (AvgIpc) is 2.41. The van der Waals surface area contributed by atoms with Crippen LogP contribution >= 0.6 is 0 Å². The molecule has 0 spiro atoms. The van der Waals surface area contributed by atoms with Crippen LogP contribution in [0.25, 0.3) is 0 Å². The van der Waals surface area contributed by atoms with Crippen LogP contribution < -0.4 is 10.1 Å². The lowest BCUT2D eigenvalue weighted by Gasteiger charge is -2.11. The minimum absolute atomic E-state index is 0.235. The first-order valence-corrected chi connectivity index (χ1v) is 5.93. The number of pyridine rings is 2. The Morgan fingerprint density at radius 2 is 2.06 bits per heavy atom. The van der Waals surface area contributed by atoms with Crippen LogP contribution in [-0.2, 0) is 0 Å². The number of hydrogen-bond acceptors (Lipinski definition) is 4. The molecule has 2 aromatic heterocycles. The van der Waals surface area contributed by atoms with E-state index >= 15 is 0 Å². The minimum Gasteiger partial charge on any atom is -0.454 e. The number of nitrogens with one attached hydrogen (secondary N) is 1. The second-order valence-corrected chi connectivity index (χ2v) is 4.12. The Hall–Kier alpha value is -1.94. The van der Waals surface area contributed by atoms with Gasteiger partial charge in [0.05, 0.1) is 17.6 Å². The molecule has 0 aliphatic carbocycles. The third-order valence-electron chi connectivity index (χ3n) is 2.82. The Morgan fingerprint density at radius 3 is 2.67 bits per heavy atom. The molecule has 4 nitrogen and oxygen atoms in total. The van der Waals surface area contributed by atoms with Gasteiger partial charge in [-0.1, -0.05) is 0 Å². The maximum atomic E-state index is 5.73. The summed E-state index contributed by atoms with van der Waals surface area (Å²) in [5, 5.41) is 3.15. The zero-order chi connectivity index (χ0) is 13.0. The summed E-state index contributed by atoms with van der Waals surface area (Å²) < 4.78 is 5.73. The quantitative estimate of drug-likeness (QED) is 0.897. The summed E-state index contributed by atoms with van der Waals surface area (Å²) in [4.78, 5) is 8.55. The van der Waals surface area contributed by atoms with Gasteiger partial charge in [-0.15, -0.1) is 0 Å². The molecule has 2 rings (SSSR count). The molecule has 2 heterocycles. The Morgan fingerprint density at radius 1 is 1.22 bits per heavy atom. The van der Waals surface area contributed by atoms with E-state index in [9.17, 15) is 0 Å². The molecule has 0 aliphatic heterocycles. The number of rotatable bonds is 4. The lowest BCUT2D eigenvalue weighted by molar-refractivity contribution is 0.472. The minimum atomic E-state index is 0.235. The van der Waals surface area contributed by atoms with Crippen LogP contribution in [-0.4, -0.2) is 17.0 Å². The largest absolute Gasteiger partial charge is 0.454 e. The Balaban J connectivity index is 2.14. The average molecular weight is 243 g/mol. The molecule has 0 saturated carbocycles. The molecule has 18 heavy (non-hydrogen) atoms. The van der Waals surface area contributed by atoms with Crippen molar-refractivity contribution in [3.05, 3.63) is 48.0 Å². The molecule has 94 valence electrons. The summed E-state index contributed by atoms with van der Waals surface area (Å²) in [7, 11) is 1.91. The summed E-state index contributed by atoms with van der Waals surface area (Å²) in [5.74, 6) is 1.48. The predicted octanol–water partition coefficient (Wildman–Crippen LogP) is 2.86. The van der Waals surface area contributed by atoms with Crippen LogP contribution in [0.4, 0.5) is 0 Å². The third-order valence-corrected chi connectivity index (χ3v) is 2.82. The summed E-state index contributed by atoms with van der Waals surface area (Å²) in [6.07, 6.45) is 3.48. The first kappa shape index (κ1) is 12.5. The van der Waals surface area contributed by atoms with Gasteiger partial charge >= 0.3 is 0 Å². The topological polar surface area (TPSA) is 47.0 Å². The maximum Gasteiger partial charge on any atom is 0.148 e. The van der Waals surface area contributed by atoms with Gasteiger partial charge in [0, 0.05) is 12.2 Å². The molecule has 0 amide bonds. The highest BCUT2D eigenvalue weighted by atomic mass is 16.5. The van der Waals surface area contributed by atoms with Gasteiger partial charge < -0.3 is 10.1 Å². The van der Waals surface area contributed by atoms with Gasteiger partial charge in [0.2, 0.25) is 0 Å². The molecule has 0 bridgehead atoms. The highest BCUT2D eigenvalue weighted by Crippen LogP contribution is 2.23. The summed E-state index contributed by atoms with van der Waals surface area (Å²) in [6, 6.07) is 7.86. The summed E-state index contributed by atoms with van der Waals surface area (Å²) in [5.41, 5.74) is 1.86. The summed E-state index contributed by atoms with van der Waals surface area (Å²) in [6.45, 7) is 3.98. The molecular formula is C14H17N3O. The fraction of sp³-hybridized carbons (Fsp3) is 0.286. The van der Waals surface area contributed by atoms with Gasteiger partial charge in [-0.05, 0) is 45.2 Å². The molecule has 4 heteroatoms. The van der Waals surface area contributed by atoms with Crippen molar-refractivity contribution >= 4 is 0 Å². The van der Waals surface area contributed by atoms with E-state index in [1.807, 2.05) is 38.2 Å². The van der Waals surface area contributed by atoms with Crippen molar-refractivity contribution in [2.75, 3.05) is 7.05 Å². The molecule has 0 saturated heterocycles. The molecule has 0 radical (unpaired) electrons. The van der Waals surface area contributed by atoms with Crippen molar-refractivity contribution in [3.8, 4) is 11.5 Å². The van der Waals surface area contributed by atoms with E-state index in [-0.39, 0.29) is 6.04 Å². The fourth-order valence-corrected chi connectivity index (χ4v) is 1.56. The highest BCUT2D eigenvalue weighted by molar-refractivity contribution is 5.32. The Kier molecular flexibility index (Phi) is 3.89. The number of aromatic nitrogens is 2. The molecule has 2 aromatic rings. The predicted molar refractivity (Wildman–Crippen MR) is 70.8 cm³/mol. The first-order valence-electron chi connectivity index (χ1n) is 5.93. The van der Waals surface area contributed by atoms with E-state index in [0.717, 1.165) is 22.9 Å². The van der Waals surface area contributed by atoms with E-state index in [1.165, 1.54) is 0 Å². The van der Waals surface area contributed by atoms with Gasteiger partial charge in [0.1, 0.15) is 11.5 Å². The molecule has 0 aliphatic rings. The standard InChI is InChI=1S/C14H17N3O/c1-10(15-3)13-7-6-12(9-17-13)18-14-5-4-8-16-11(14)2/h4-10,15H,1-3H3. The molecule has 0 fully saturated rings. The molecule has 0 aromatic carbocycles. The van der Waals surface area contributed by atoms with Crippen molar-refractivity contribution in [1.82, 2.24) is 15.3 Å². The molecule has 1 unspecified atom stereocenters. The number of hydrogen-bond donors (Lipinski definition) is 1. The van der Waals surface area contributed by atoms with Crippen molar-refractivity contribution in [2.24, 2.45) is 0 Å². The van der Waals surface area contributed by atoms with E-state index in [2.05, 4.69) is 22.2 Å². The van der Waals surface area contributed by atoms with Crippen LogP contribution in [0.5, 0.6) is 11.5 Å². The number of nitrogens with zero attached hydrogens (tertiary/aromatic N) is 2. The second-order valence-electron chi connectivity index (χ2n) is 4.12. The van der Waals surface area contributed by atoms with Crippen LogP contribution in [0, 0.1) is 6.92 Å². The van der Waals surface area contributed by atoms with Crippen molar-refractivity contribution in [1.29, 1.82) is 0 Å². The normalized spacial score (nSPS) is 12.2. The zero-order valence-electron chi connectivity index (χ0n) is 10.8. The Bertz CT molecular complexity index is 511. The van der Waals surface area contributed by atoms with Crippen LogP contribution in [0.3, 0.4) is 0 Å². The van der Waals surface area contributed by atoms with Gasteiger partial charge in [0.25, 0.3) is 0 Å². The Labute approximate surface area is 107 Å². The lowest BCUT2D eigenvalue weighted by atomic mass is 10.2. The maximum absolute atomic E-state index is 5.73. The van der Waals surface area contributed by atoms with Crippen molar-refractivity contribution in [2.45, 2.75) is 19.9 Å². The molecular weight excluding hydrogens is 226 g/mol. The van der Waals surface area contributed by atoms with Crippen LogP contribution in [0.2, 0.25) is 0 Å². The van der Waals surface area contributed by atoms with Crippen molar-refractivity contribution < 1.29 is 4.74 Å². The monoisotopic (exact) mass is 243 g/mol. The van der Waals surface area contributed by atoms with Gasteiger partial charge in [-0.25, -0.2) is 0 Å². The van der Waals surface area contributed by atoms with Crippen LogP contribution in [0.1, 0.15) is 24.4 Å². The smallest absolute Gasteiger partial charge is 0.148 e. The van der Waals surface area contributed by atoms with Crippen molar-refractivity contribution in [3.63, 3.8) is 0 Å². The number of ether oxygens (including phenoxy) is 1. The lowest BCUT2D eigenvalue weighted by Crippen LogP contribution is -2.13. The number of aryl methyl sites for hydroxylation is 1. The van der Waals surface area contributed by atoms with Gasteiger partial charge in [0.15, 0.2) is 0 Å². The fourth-order valence-electron chi connectivity index (χ4n) is 1.56. The van der Waals surface area contributed by atoms with E-state index < -0.39 is 0 Å². The third kappa shape index (κ3) is 2.84. The van der Waals surface area contributed by atoms with E-state index in [4.69, 9.17) is 4.74 Å². The SMILES string of the molecule is CNC(C)c1ccc(Oc2cccnc2C)cn1. The molecule has 1 atom stereocenters. The van der Waals surface area contributed by atoms with Gasteiger partial charge in [-0.3, -0.25) is 9.97 Å². The highest BCUT2D eigenvalue weighted by Gasteiger charge is 2.05.